The van der Waals surface area contributed by atoms with Crippen LogP contribution in [-0.4, -0.2) is 38.5 Å². The Hall–Kier alpha value is -3.50. The molecular formula is C25H24FN5O3S. The average Bonchev–Trinajstić information content (AvgIpc) is 3.61. The Labute approximate surface area is 205 Å². The number of thioether (sulfide) groups is 1. The second-order valence-electron chi connectivity index (χ2n) is 8.28. The molecule has 2 unspecified atom stereocenters. The first kappa shape index (κ1) is 23.3. The van der Waals surface area contributed by atoms with E-state index in [2.05, 4.69) is 20.7 Å². The Kier molecular flexibility index (Phi) is 6.91. The topological polar surface area (TPSA) is 95.1 Å². The van der Waals surface area contributed by atoms with Gasteiger partial charge in [-0.15, -0.1) is 10.2 Å². The number of ether oxygens (including phenoxy) is 1. The highest BCUT2D eigenvalue weighted by Crippen LogP contribution is 2.37. The fourth-order valence-corrected chi connectivity index (χ4v) is 5.01. The van der Waals surface area contributed by atoms with E-state index < -0.39 is 5.25 Å². The van der Waals surface area contributed by atoms with Crippen LogP contribution in [-0.2, 0) is 16.1 Å². The molecule has 1 N–H and O–H groups in total. The summed E-state index contributed by atoms with van der Waals surface area (Å²) >= 11 is 1.29. The summed E-state index contributed by atoms with van der Waals surface area (Å²) in [5.74, 6) is 0.968. The van der Waals surface area contributed by atoms with Gasteiger partial charge < -0.3 is 14.6 Å². The molecule has 2 aromatic carbocycles. The molecule has 3 heterocycles. The van der Waals surface area contributed by atoms with Crippen molar-refractivity contribution in [2.45, 2.75) is 42.8 Å². The largest absolute Gasteiger partial charge is 0.376 e. The number of aromatic nitrogens is 4. The van der Waals surface area contributed by atoms with Crippen LogP contribution in [0.4, 0.5) is 10.2 Å². The summed E-state index contributed by atoms with van der Waals surface area (Å²) in [6.45, 7) is 3.01. The third-order valence-electron chi connectivity index (χ3n) is 5.67. The number of rotatable bonds is 8. The molecule has 5 rings (SSSR count). The van der Waals surface area contributed by atoms with Crippen molar-refractivity contribution in [1.82, 2.24) is 19.9 Å². The number of carbonyl (C=O) groups excluding carboxylic acids is 1. The van der Waals surface area contributed by atoms with Crippen LogP contribution in [0.2, 0.25) is 0 Å². The minimum absolute atomic E-state index is 0.0201. The average molecular weight is 494 g/mol. The van der Waals surface area contributed by atoms with Crippen LogP contribution in [0.5, 0.6) is 0 Å². The summed E-state index contributed by atoms with van der Waals surface area (Å²) in [4.78, 5) is 13.4. The van der Waals surface area contributed by atoms with E-state index in [9.17, 15) is 9.18 Å². The lowest BCUT2D eigenvalue weighted by Crippen LogP contribution is -2.21. The molecule has 4 aromatic rings. The molecule has 35 heavy (non-hydrogen) atoms. The van der Waals surface area contributed by atoms with Crippen molar-refractivity contribution >= 4 is 23.5 Å². The van der Waals surface area contributed by atoms with Crippen molar-refractivity contribution in [2.75, 3.05) is 11.9 Å². The molecule has 10 heteroatoms. The number of anilines is 1. The minimum atomic E-state index is -0.623. The predicted molar refractivity (Wildman–Crippen MR) is 129 cm³/mol. The molecule has 0 spiro atoms. The van der Waals surface area contributed by atoms with Crippen molar-refractivity contribution in [1.29, 1.82) is 0 Å². The van der Waals surface area contributed by atoms with Gasteiger partial charge in [0.2, 0.25) is 5.91 Å². The zero-order valence-corrected chi connectivity index (χ0v) is 19.9. The van der Waals surface area contributed by atoms with Crippen LogP contribution >= 0.6 is 11.8 Å². The molecule has 8 nitrogen and oxygen atoms in total. The summed E-state index contributed by atoms with van der Waals surface area (Å²) in [6.07, 6.45) is 1.94. The van der Waals surface area contributed by atoms with Gasteiger partial charge in [0.05, 0.1) is 12.6 Å². The summed E-state index contributed by atoms with van der Waals surface area (Å²) in [5, 5.41) is 15.5. The van der Waals surface area contributed by atoms with E-state index >= 15 is 0 Å². The monoisotopic (exact) mass is 493 g/mol. The van der Waals surface area contributed by atoms with Crippen LogP contribution in [0.15, 0.2) is 70.3 Å². The summed E-state index contributed by atoms with van der Waals surface area (Å²) in [5.41, 5.74) is 1.55. The van der Waals surface area contributed by atoms with E-state index in [0.717, 1.165) is 24.0 Å². The van der Waals surface area contributed by atoms with Crippen LogP contribution < -0.4 is 5.32 Å². The Morgan fingerprint density at radius 3 is 2.69 bits per heavy atom. The van der Waals surface area contributed by atoms with Gasteiger partial charge in [0, 0.05) is 18.2 Å². The Morgan fingerprint density at radius 1 is 1.20 bits per heavy atom. The normalized spacial score (nSPS) is 16.3. The fraction of sp³-hybridized carbons (Fsp3) is 0.280. The van der Waals surface area contributed by atoms with Crippen molar-refractivity contribution in [2.24, 2.45) is 0 Å². The highest BCUT2D eigenvalue weighted by Gasteiger charge is 2.28. The molecule has 180 valence electrons. The maximum Gasteiger partial charge on any atom is 0.243 e. The van der Waals surface area contributed by atoms with E-state index in [1.54, 1.807) is 25.1 Å². The molecule has 1 amide bonds. The van der Waals surface area contributed by atoms with Gasteiger partial charge in [-0.2, -0.15) is 0 Å². The highest BCUT2D eigenvalue weighted by atomic mass is 32.2. The first-order valence-corrected chi connectivity index (χ1v) is 12.2. The molecule has 2 atom stereocenters. The smallest absolute Gasteiger partial charge is 0.243 e. The maximum atomic E-state index is 13.5. The van der Waals surface area contributed by atoms with E-state index in [4.69, 9.17) is 9.26 Å². The molecule has 0 bridgehead atoms. The summed E-state index contributed by atoms with van der Waals surface area (Å²) in [6, 6.07) is 17.3. The van der Waals surface area contributed by atoms with E-state index in [0.29, 0.717) is 35.7 Å². The van der Waals surface area contributed by atoms with E-state index in [1.165, 1.54) is 23.9 Å². The van der Waals surface area contributed by atoms with Gasteiger partial charge in [-0.1, -0.05) is 47.3 Å². The van der Waals surface area contributed by atoms with Crippen LogP contribution in [0.1, 0.15) is 29.4 Å². The number of hydrogen-bond acceptors (Lipinski definition) is 7. The number of aryl methyl sites for hydroxylation is 1. The van der Waals surface area contributed by atoms with Crippen LogP contribution in [0.3, 0.4) is 0 Å². The van der Waals surface area contributed by atoms with Crippen LogP contribution in [0.25, 0.3) is 11.4 Å². The first-order valence-electron chi connectivity index (χ1n) is 11.3. The van der Waals surface area contributed by atoms with E-state index in [1.807, 2.05) is 34.9 Å². The number of nitrogens with zero attached hydrogens (tertiary/aromatic N) is 4. The molecular weight excluding hydrogens is 469 g/mol. The fourth-order valence-electron chi connectivity index (χ4n) is 3.97. The lowest BCUT2D eigenvalue weighted by molar-refractivity contribution is -0.115. The molecule has 1 aliphatic rings. The Morgan fingerprint density at radius 2 is 2.00 bits per heavy atom. The van der Waals surface area contributed by atoms with Crippen molar-refractivity contribution in [3.05, 3.63) is 77.8 Å². The number of benzene rings is 2. The van der Waals surface area contributed by atoms with Gasteiger partial charge in [-0.3, -0.25) is 9.36 Å². The second kappa shape index (κ2) is 10.4. The third kappa shape index (κ3) is 5.44. The third-order valence-corrected chi connectivity index (χ3v) is 6.91. The van der Waals surface area contributed by atoms with Crippen molar-refractivity contribution in [3.63, 3.8) is 0 Å². The number of carbonyl (C=O) groups is 1. The Balaban J connectivity index is 1.49. The molecule has 0 aliphatic carbocycles. The second-order valence-corrected chi connectivity index (χ2v) is 9.35. The summed E-state index contributed by atoms with van der Waals surface area (Å²) in [7, 11) is 0. The quantitative estimate of drug-likeness (QED) is 0.344. The molecule has 1 fully saturated rings. The van der Waals surface area contributed by atoms with E-state index in [-0.39, 0.29) is 17.8 Å². The van der Waals surface area contributed by atoms with Gasteiger partial charge in [0.25, 0.3) is 0 Å². The summed E-state index contributed by atoms with van der Waals surface area (Å²) < 4.78 is 26.4. The van der Waals surface area contributed by atoms with Gasteiger partial charge in [-0.05, 0) is 49.6 Å². The first-order chi connectivity index (χ1) is 17.1. The number of amides is 1. The van der Waals surface area contributed by atoms with Gasteiger partial charge in [0.15, 0.2) is 16.8 Å². The lowest BCUT2D eigenvalue weighted by atomic mass is 10.1. The van der Waals surface area contributed by atoms with Crippen molar-refractivity contribution in [3.8, 4) is 11.4 Å². The number of halogens is 1. The molecule has 0 radical (unpaired) electrons. The molecule has 2 aromatic heterocycles. The van der Waals surface area contributed by atoms with Gasteiger partial charge >= 0.3 is 0 Å². The molecule has 0 saturated carbocycles. The maximum absolute atomic E-state index is 13.5. The number of nitrogens with one attached hydrogen (secondary N) is 1. The van der Waals surface area contributed by atoms with Gasteiger partial charge in [-0.25, -0.2) is 4.39 Å². The number of hydrogen-bond donors (Lipinski definition) is 1. The zero-order valence-electron chi connectivity index (χ0n) is 19.1. The van der Waals surface area contributed by atoms with Crippen molar-refractivity contribution < 1.29 is 18.4 Å². The van der Waals surface area contributed by atoms with Crippen LogP contribution in [0, 0.1) is 12.7 Å². The standard InChI is InChI=1S/C25H24FN5O3S/c1-16-14-21(30-34-16)27-24(32)22(17-6-3-2-4-7-17)35-25-29-28-23(18-9-11-19(26)12-10-18)31(25)15-20-8-5-13-33-20/h2-4,6-7,9-12,14,20,22H,5,8,13,15H2,1H3,(H,27,30,32). The Bertz CT molecular complexity index is 1290. The SMILES string of the molecule is Cc1cc(NC(=O)C(Sc2nnc(-c3ccc(F)cc3)n2CC2CCCO2)c2ccccc2)no1. The van der Waals surface area contributed by atoms with Gasteiger partial charge in [0.1, 0.15) is 16.8 Å². The minimum Gasteiger partial charge on any atom is -0.376 e. The predicted octanol–water partition coefficient (Wildman–Crippen LogP) is 5.03. The molecule has 1 aliphatic heterocycles. The molecule has 1 saturated heterocycles. The highest BCUT2D eigenvalue weighted by molar-refractivity contribution is 8.00. The zero-order chi connectivity index (χ0) is 24.2. The lowest BCUT2D eigenvalue weighted by Gasteiger charge is -2.18.